The van der Waals surface area contributed by atoms with Crippen LogP contribution in [0.5, 0.6) is 5.75 Å². The summed E-state index contributed by atoms with van der Waals surface area (Å²) in [6.45, 7) is 2.13. The number of nitrogens with zero attached hydrogens (tertiary/aromatic N) is 1. The lowest BCUT2D eigenvalue weighted by Gasteiger charge is -2.24. The number of thiazole rings is 1. The number of anilines is 1. The molecule has 3 aromatic rings. The molecule has 8 heteroatoms. The van der Waals surface area contributed by atoms with Crippen molar-refractivity contribution in [1.82, 2.24) is 10.3 Å². The Balaban J connectivity index is 1.38. The second-order valence-electron chi connectivity index (χ2n) is 6.52. The zero-order valence-electron chi connectivity index (χ0n) is 15.2. The number of hydrogen-bond donors (Lipinski definition) is 2. The fourth-order valence-electron chi connectivity index (χ4n) is 2.97. The largest absolute Gasteiger partial charge is 0.492 e. The molecule has 3 heterocycles. The van der Waals surface area contributed by atoms with Gasteiger partial charge in [0.1, 0.15) is 23.8 Å². The second kappa shape index (κ2) is 7.85. The average molecular weight is 397 g/mol. The second-order valence-corrected chi connectivity index (χ2v) is 7.38. The number of aromatic nitrogens is 1. The van der Waals surface area contributed by atoms with Crippen LogP contribution < -0.4 is 15.4 Å². The summed E-state index contributed by atoms with van der Waals surface area (Å²) in [6.07, 6.45) is 0.644. The molecule has 4 rings (SSSR count). The number of ether oxygens (including phenoxy) is 1. The van der Waals surface area contributed by atoms with Gasteiger partial charge in [-0.05, 0) is 30.2 Å². The van der Waals surface area contributed by atoms with E-state index in [1.807, 2.05) is 29.6 Å². The SMILES string of the molecule is CC(=O)NCc1ccc(-c2csc(NC(=O)C3COc4ccccc4C3)n2)o1. The molecule has 144 valence electrons. The minimum Gasteiger partial charge on any atom is -0.492 e. The summed E-state index contributed by atoms with van der Waals surface area (Å²) in [4.78, 5) is 28.0. The van der Waals surface area contributed by atoms with E-state index in [0.717, 1.165) is 11.3 Å². The highest BCUT2D eigenvalue weighted by Crippen LogP contribution is 2.29. The predicted molar refractivity (Wildman–Crippen MR) is 105 cm³/mol. The molecule has 0 fully saturated rings. The van der Waals surface area contributed by atoms with E-state index in [1.54, 1.807) is 12.1 Å². The third kappa shape index (κ3) is 4.07. The maximum absolute atomic E-state index is 12.6. The number of nitrogens with one attached hydrogen (secondary N) is 2. The monoisotopic (exact) mass is 397 g/mol. The molecule has 2 aromatic heterocycles. The molecule has 2 N–H and O–H groups in total. The van der Waals surface area contributed by atoms with Gasteiger partial charge in [0.2, 0.25) is 11.8 Å². The number of amides is 2. The van der Waals surface area contributed by atoms with E-state index >= 15 is 0 Å². The Labute approximate surface area is 165 Å². The molecule has 0 radical (unpaired) electrons. The zero-order valence-corrected chi connectivity index (χ0v) is 16.0. The minimum atomic E-state index is -0.255. The molecule has 1 aromatic carbocycles. The highest BCUT2D eigenvalue weighted by Gasteiger charge is 2.26. The molecule has 28 heavy (non-hydrogen) atoms. The van der Waals surface area contributed by atoms with Crippen molar-refractivity contribution in [1.29, 1.82) is 0 Å². The van der Waals surface area contributed by atoms with E-state index in [9.17, 15) is 9.59 Å². The Hall–Kier alpha value is -3.13. The fraction of sp³-hybridized carbons (Fsp3) is 0.250. The Kier molecular flexibility index (Phi) is 5.12. The molecule has 1 aliphatic heterocycles. The number of hydrogen-bond acceptors (Lipinski definition) is 6. The normalized spacial score (nSPS) is 15.4. The van der Waals surface area contributed by atoms with Gasteiger partial charge >= 0.3 is 0 Å². The number of rotatable bonds is 5. The molecule has 1 unspecified atom stereocenters. The van der Waals surface area contributed by atoms with Crippen molar-refractivity contribution in [2.75, 3.05) is 11.9 Å². The summed E-state index contributed by atoms with van der Waals surface area (Å²) in [5.41, 5.74) is 1.68. The van der Waals surface area contributed by atoms with Gasteiger partial charge in [-0.15, -0.1) is 11.3 Å². The summed E-state index contributed by atoms with van der Waals surface area (Å²) < 4.78 is 11.4. The number of carbonyl (C=O) groups excluding carboxylic acids is 2. The molecule has 0 bridgehead atoms. The van der Waals surface area contributed by atoms with Crippen LogP contribution in [0.15, 0.2) is 46.2 Å². The van der Waals surface area contributed by atoms with E-state index in [0.29, 0.717) is 41.9 Å². The number of carbonyl (C=O) groups is 2. The lowest BCUT2D eigenvalue weighted by Crippen LogP contribution is -2.32. The Morgan fingerprint density at radius 2 is 2.11 bits per heavy atom. The first-order valence-corrected chi connectivity index (χ1v) is 9.77. The lowest BCUT2D eigenvalue weighted by molar-refractivity contribution is -0.121. The summed E-state index contributed by atoms with van der Waals surface area (Å²) in [5, 5.41) is 7.89. The summed E-state index contributed by atoms with van der Waals surface area (Å²) in [7, 11) is 0. The summed E-state index contributed by atoms with van der Waals surface area (Å²) in [5.74, 6) is 1.59. The predicted octanol–water partition coefficient (Wildman–Crippen LogP) is 3.23. The van der Waals surface area contributed by atoms with Crippen molar-refractivity contribution in [2.24, 2.45) is 5.92 Å². The van der Waals surface area contributed by atoms with Crippen LogP contribution in [-0.2, 0) is 22.6 Å². The Morgan fingerprint density at radius 3 is 2.96 bits per heavy atom. The highest BCUT2D eigenvalue weighted by molar-refractivity contribution is 7.14. The van der Waals surface area contributed by atoms with Crippen LogP contribution in [0, 0.1) is 5.92 Å². The number of furan rings is 1. The first-order chi connectivity index (χ1) is 13.6. The summed E-state index contributed by atoms with van der Waals surface area (Å²) >= 11 is 1.34. The van der Waals surface area contributed by atoms with Gasteiger partial charge in [0.05, 0.1) is 12.5 Å². The standard InChI is InChI=1S/C20H19N3O4S/c1-12(24)21-9-15-6-7-18(27-15)16-11-28-20(22-16)23-19(25)14-8-13-4-2-3-5-17(13)26-10-14/h2-7,11,14H,8-10H2,1H3,(H,21,24)(H,22,23,25). The van der Waals surface area contributed by atoms with Crippen LogP contribution in [0.4, 0.5) is 5.13 Å². The topological polar surface area (TPSA) is 93.5 Å². The Bertz CT molecular complexity index is 1010. The third-order valence-corrected chi connectivity index (χ3v) is 5.17. The molecule has 0 aliphatic carbocycles. The molecule has 0 spiro atoms. The first kappa shape index (κ1) is 18.2. The molecule has 0 saturated carbocycles. The van der Waals surface area contributed by atoms with Crippen molar-refractivity contribution in [3.63, 3.8) is 0 Å². The van der Waals surface area contributed by atoms with E-state index in [4.69, 9.17) is 9.15 Å². The van der Waals surface area contributed by atoms with Crippen molar-refractivity contribution >= 4 is 28.3 Å². The highest BCUT2D eigenvalue weighted by atomic mass is 32.1. The van der Waals surface area contributed by atoms with Gasteiger partial charge in [-0.25, -0.2) is 4.98 Å². The van der Waals surface area contributed by atoms with Crippen LogP contribution in [-0.4, -0.2) is 23.4 Å². The van der Waals surface area contributed by atoms with Crippen molar-refractivity contribution < 1.29 is 18.7 Å². The lowest BCUT2D eigenvalue weighted by atomic mass is 9.96. The maximum atomic E-state index is 12.6. The number of fused-ring (bicyclic) bond motifs is 1. The van der Waals surface area contributed by atoms with Crippen LogP contribution in [0.3, 0.4) is 0 Å². The van der Waals surface area contributed by atoms with Gasteiger partial charge < -0.3 is 19.8 Å². The van der Waals surface area contributed by atoms with Crippen LogP contribution in [0.1, 0.15) is 18.2 Å². The molecule has 1 atom stereocenters. The van der Waals surface area contributed by atoms with E-state index in [2.05, 4.69) is 15.6 Å². The van der Waals surface area contributed by atoms with Gasteiger partial charge in [-0.2, -0.15) is 0 Å². The van der Waals surface area contributed by atoms with Crippen molar-refractivity contribution in [3.05, 3.63) is 53.1 Å². The van der Waals surface area contributed by atoms with Crippen LogP contribution >= 0.6 is 11.3 Å². The fourth-order valence-corrected chi connectivity index (χ4v) is 3.67. The average Bonchev–Trinajstić information content (AvgIpc) is 3.35. The molecule has 0 saturated heterocycles. The van der Waals surface area contributed by atoms with Gasteiger partial charge in [-0.3, -0.25) is 9.59 Å². The smallest absolute Gasteiger partial charge is 0.233 e. The van der Waals surface area contributed by atoms with Gasteiger partial charge in [-0.1, -0.05) is 18.2 Å². The van der Waals surface area contributed by atoms with E-state index in [-0.39, 0.29) is 17.7 Å². The number of para-hydroxylation sites is 1. The maximum Gasteiger partial charge on any atom is 0.233 e. The van der Waals surface area contributed by atoms with Crippen molar-refractivity contribution in [3.8, 4) is 17.2 Å². The summed E-state index contributed by atoms with van der Waals surface area (Å²) in [6, 6.07) is 11.3. The van der Waals surface area contributed by atoms with Crippen molar-refractivity contribution in [2.45, 2.75) is 19.9 Å². The van der Waals surface area contributed by atoms with E-state index < -0.39 is 0 Å². The molecular formula is C20H19N3O4S. The molecular weight excluding hydrogens is 378 g/mol. The van der Waals surface area contributed by atoms with Gasteiger partial charge in [0.25, 0.3) is 0 Å². The van der Waals surface area contributed by atoms with Crippen LogP contribution in [0.2, 0.25) is 0 Å². The Morgan fingerprint density at radius 1 is 1.25 bits per heavy atom. The molecule has 2 amide bonds. The number of benzene rings is 1. The molecule has 1 aliphatic rings. The quantitative estimate of drug-likeness (QED) is 0.689. The van der Waals surface area contributed by atoms with Gasteiger partial charge in [0, 0.05) is 12.3 Å². The minimum absolute atomic E-state index is 0.110. The van der Waals surface area contributed by atoms with Gasteiger partial charge in [0.15, 0.2) is 10.9 Å². The molecule has 7 nitrogen and oxygen atoms in total. The first-order valence-electron chi connectivity index (χ1n) is 8.89. The van der Waals surface area contributed by atoms with E-state index in [1.165, 1.54) is 18.3 Å². The zero-order chi connectivity index (χ0) is 19.5. The third-order valence-electron chi connectivity index (χ3n) is 4.41. The van der Waals surface area contributed by atoms with Crippen LogP contribution in [0.25, 0.3) is 11.5 Å².